The van der Waals surface area contributed by atoms with Crippen LogP contribution in [0.15, 0.2) is 18.6 Å². The zero-order chi connectivity index (χ0) is 12.4. The van der Waals surface area contributed by atoms with E-state index < -0.39 is 5.97 Å². The summed E-state index contributed by atoms with van der Waals surface area (Å²) in [5, 5.41) is 3.97. The molecule has 2 heterocycles. The van der Waals surface area contributed by atoms with Gasteiger partial charge in [-0.25, -0.2) is 19.4 Å². The summed E-state index contributed by atoms with van der Waals surface area (Å²) in [5.74, 6) is -0.251. The van der Waals surface area contributed by atoms with Crippen LogP contribution in [-0.4, -0.2) is 32.8 Å². The lowest BCUT2D eigenvalue weighted by molar-refractivity contribution is 0.0594. The first-order chi connectivity index (χ1) is 8.11. The van der Waals surface area contributed by atoms with Crippen molar-refractivity contribution in [3.63, 3.8) is 0 Å². The molecule has 0 aliphatic heterocycles. The van der Waals surface area contributed by atoms with Crippen molar-refractivity contribution < 1.29 is 9.53 Å². The Bertz CT molecular complexity index is 551. The van der Waals surface area contributed by atoms with E-state index >= 15 is 0 Å². The van der Waals surface area contributed by atoms with Crippen molar-refractivity contribution in [3.8, 4) is 5.95 Å². The third-order valence-corrected chi connectivity index (χ3v) is 2.49. The molecule has 0 saturated heterocycles. The molecule has 0 bridgehead atoms. The first kappa shape index (κ1) is 11.8. The molecule has 2 aromatic heterocycles. The quantitative estimate of drug-likeness (QED) is 0.634. The predicted octanol–water partition coefficient (Wildman–Crippen LogP) is 0.636. The number of anilines is 1. The van der Waals surface area contributed by atoms with Crippen LogP contribution in [0.25, 0.3) is 5.95 Å². The second-order valence-electron chi connectivity index (χ2n) is 3.07. The Kier molecular flexibility index (Phi) is 3.22. The molecule has 2 rings (SSSR count). The molecule has 0 aliphatic rings. The van der Waals surface area contributed by atoms with Crippen LogP contribution in [-0.2, 0) is 4.74 Å². The van der Waals surface area contributed by atoms with Gasteiger partial charge < -0.3 is 10.5 Å². The molecule has 7 nitrogen and oxygen atoms in total. The summed E-state index contributed by atoms with van der Waals surface area (Å²) in [7, 11) is 1.27. The van der Waals surface area contributed by atoms with E-state index in [4.69, 9.17) is 5.73 Å². The number of nitrogen functional groups attached to an aromatic ring is 1. The summed E-state index contributed by atoms with van der Waals surface area (Å²) in [4.78, 5) is 19.4. The van der Waals surface area contributed by atoms with Crippen molar-refractivity contribution in [1.29, 1.82) is 0 Å². The average molecular weight is 345 g/mol. The van der Waals surface area contributed by atoms with Gasteiger partial charge in [-0.2, -0.15) is 5.10 Å². The van der Waals surface area contributed by atoms with Crippen molar-refractivity contribution in [2.75, 3.05) is 12.8 Å². The highest BCUT2D eigenvalue weighted by Crippen LogP contribution is 2.12. The number of halogens is 1. The fraction of sp³-hybridized carbons (Fsp3) is 0.111. The van der Waals surface area contributed by atoms with Gasteiger partial charge in [0.1, 0.15) is 0 Å². The molecule has 0 amide bonds. The number of carbonyl (C=O) groups is 1. The van der Waals surface area contributed by atoms with Crippen molar-refractivity contribution in [2.45, 2.75) is 0 Å². The minimum absolute atomic E-state index is 0.0506. The third kappa shape index (κ3) is 2.35. The number of hydrogen-bond donors (Lipinski definition) is 1. The lowest BCUT2D eigenvalue weighted by Gasteiger charge is -1.97. The number of ether oxygens (including phenoxy) is 1. The van der Waals surface area contributed by atoms with Crippen LogP contribution in [0.4, 0.5) is 5.69 Å². The van der Waals surface area contributed by atoms with E-state index in [0.717, 1.165) is 3.57 Å². The van der Waals surface area contributed by atoms with Crippen molar-refractivity contribution in [2.24, 2.45) is 0 Å². The zero-order valence-electron chi connectivity index (χ0n) is 8.79. The van der Waals surface area contributed by atoms with E-state index in [-0.39, 0.29) is 11.4 Å². The molecule has 2 N–H and O–H groups in total. The van der Waals surface area contributed by atoms with Crippen molar-refractivity contribution in [3.05, 3.63) is 27.9 Å². The highest BCUT2D eigenvalue weighted by molar-refractivity contribution is 14.1. The molecular weight excluding hydrogens is 337 g/mol. The maximum Gasteiger partial charge on any atom is 0.360 e. The average Bonchev–Trinajstić information content (AvgIpc) is 2.71. The smallest absolute Gasteiger partial charge is 0.360 e. The van der Waals surface area contributed by atoms with Crippen LogP contribution in [0, 0.1) is 3.57 Å². The molecule has 0 spiro atoms. The highest BCUT2D eigenvalue weighted by atomic mass is 127. The number of aromatic nitrogens is 4. The number of rotatable bonds is 2. The van der Waals surface area contributed by atoms with Gasteiger partial charge in [-0.15, -0.1) is 0 Å². The minimum Gasteiger partial charge on any atom is -0.464 e. The van der Waals surface area contributed by atoms with Gasteiger partial charge in [-0.3, -0.25) is 0 Å². The fourth-order valence-corrected chi connectivity index (χ4v) is 1.45. The summed E-state index contributed by atoms with van der Waals surface area (Å²) >= 11 is 2.09. The van der Waals surface area contributed by atoms with Gasteiger partial charge in [0.25, 0.3) is 5.95 Å². The van der Waals surface area contributed by atoms with Crippen LogP contribution in [0.5, 0.6) is 0 Å². The summed E-state index contributed by atoms with van der Waals surface area (Å²) in [5.41, 5.74) is 5.92. The first-order valence-electron chi connectivity index (χ1n) is 4.53. The van der Waals surface area contributed by atoms with E-state index in [1.807, 2.05) is 0 Å². The monoisotopic (exact) mass is 345 g/mol. The number of nitrogens with two attached hydrogens (primary N) is 1. The van der Waals surface area contributed by atoms with Gasteiger partial charge in [0.15, 0.2) is 5.69 Å². The molecule has 0 saturated carbocycles. The highest BCUT2D eigenvalue weighted by Gasteiger charge is 2.16. The molecule has 0 atom stereocenters. The maximum atomic E-state index is 11.3. The van der Waals surface area contributed by atoms with Crippen LogP contribution in [0.3, 0.4) is 0 Å². The minimum atomic E-state index is -0.591. The molecule has 88 valence electrons. The normalized spacial score (nSPS) is 10.2. The second kappa shape index (κ2) is 4.65. The molecule has 0 unspecified atom stereocenters. The fourth-order valence-electron chi connectivity index (χ4n) is 1.17. The Morgan fingerprint density at radius 1 is 1.47 bits per heavy atom. The number of nitrogens with zero attached hydrogens (tertiary/aromatic N) is 4. The Hall–Kier alpha value is -1.71. The van der Waals surface area contributed by atoms with Gasteiger partial charge >= 0.3 is 5.97 Å². The molecule has 2 aromatic rings. The molecule has 0 fully saturated rings. The number of carbonyl (C=O) groups excluding carboxylic acids is 1. The van der Waals surface area contributed by atoms with Gasteiger partial charge in [-0.05, 0) is 22.6 Å². The number of methoxy groups -OCH3 is 1. The van der Waals surface area contributed by atoms with E-state index in [0.29, 0.717) is 5.95 Å². The van der Waals surface area contributed by atoms with Gasteiger partial charge in [0.05, 0.1) is 19.0 Å². The van der Waals surface area contributed by atoms with Crippen LogP contribution >= 0.6 is 22.6 Å². The summed E-state index contributed by atoms with van der Waals surface area (Å²) in [6.45, 7) is 0. The topological polar surface area (TPSA) is 95.9 Å². The largest absolute Gasteiger partial charge is 0.464 e. The molecule has 0 aliphatic carbocycles. The first-order valence-corrected chi connectivity index (χ1v) is 5.61. The predicted molar refractivity (Wildman–Crippen MR) is 67.6 cm³/mol. The van der Waals surface area contributed by atoms with Crippen LogP contribution in [0.1, 0.15) is 10.5 Å². The summed E-state index contributed by atoms with van der Waals surface area (Å²) < 4.78 is 6.78. The Balaban J connectivity index is 2.41. The Morgan fingerprint density at radius 2 is 2.12 bits per heavy atom. The maximum absolute atomic E-state index is 11.3. The lowest BCUT2D eigenvalue weighted by atomic mass is 10.4. The number of hydrogen-bond acceptors (Lipinski definition) is 6. The second-order valence-corrected chi connectivity index (χ2v) is 4.32. The van der Waals surface area contributed by atoms with Gasteiger partial charge in [0.2, 0.25) is 0 Å². The zero-order valence-corrected chi connectivity index (χ0v) is 11.0. The van der Waals surface area contributed by atoms with Crippen molar-refractivity contribution >= 4 is 34.2 Å². The Morgan fingerprint density at radius 3 is 2.71 bits per heavy atom. The number of esters is 1. The molecule has 17 heavy (non-hydrogen) atoms. The SMILES string of the molecule is COC(=O)c1nn(-c2ncc(I)cn2)cc1N. The van der Waals surface area contributed by atoms with E-state index in [2.05, 4.69) is 42.4 Å². The van der Waals surface area contributed by atoms with Gasteiger partial charge in [-0.1, -0.05) is 0 Å². The standard InChI is InChI=1S/C9H8IN5O2/c1-17-8(16)7-6(11)4-15(14-7)9-12-2-5(10)3-13-9/h2-4H,11H2,1H3. The van der Waals surface area contributed by atoms with Crippen LogP contribution in [0.2, 0.25) is 0 Å². The molecular formula is C9H8IN5O2. The molecule has 8 heteroatoms. The van der Waals surface area contributed by atoms with Gasteiger partial charge in [0, 0.05) is 16.0 Å². The summed E-state index contributed by atoms with van der Waals surface area (Å²) in [6.07, 6.45) is 4.74. The lowest BCUT2D eigenvalue weighted by Crippen LogP contribution is -2.07. The van der Waals surface area contributed by atoms with Crippen molar-refractivity contribution in [1.82, 2.24) is 19.7 Å². The Labute approximate surface area is 110 Å². The third-order valence-electron chi connectivity index (χ3n) is 1.93. The van der Waals surface area contributed by atoms with E-state index in [1.165, 1.54) is 18.0 Å². The molecule has 0 radical (unpaired) electrons. The summed E-state index contributed by atoms with van der Waals surface area (Å²) in [6, 6.07) is 0. The van der Waals surface area contributed by atoms with E-state index in [1.54, 1.807) is 12.4 Å². The van der Waals surface area contributed by atoms with E-state index in [9.17, 15) is 4.79 Å². The molecule has 0 aromatic carbocycles. The van der Waals surface area contributed by atoms with Crippen LogP contribution < -0.4 is 5.73 Å².